The van der Waals surface area contributed by atoms with E-state index in [4.69, 9.17) is 4.74 Å². The van der Waals surface area contributed by atoms with Crippen LogP contribution in [0.25, 0.3) is 0 Å². The first-order chi connectivity index (χ1) is 19.3. The summed E-state index contributed by atoms with van der Waals surface area (Å²) in [5.41, 5.74) is 2.86. The normalized spacial score (nSPS) is 10.9. The second kappa shape index (κ2) is 12.9. The van der Waals surface area contributed by atoms with Crippen LogP contribution in [0.4, 0.5) is 11.4 Å². The van der Waals surface area contributed by atoms with Crippen LogP contribution in [-0.2, 0) is 21.2 Å². The summed E-state index contributed by atoms with van der Waals surface area (Å²) < 4.78 is 33.5. The molecule has 0 atom stereocenters. The zero-order chi connectivity index (χ0) is 28.5. The van der Waals surface area contributed by atoms with Gasteiger partial charge < -0.3 is 15.4 Å². The van der Waals surface area contributed by atoms with Crippen LogP contribution in [-0.4, -0.2) is 40.4 Å². The standard InChI is InChI=1S/C31H31N3O5S/c1-23-12-18-27(19-13-23)40(37,38)34(25-14-16-26(39-2)17-15-25)22-30(35)33-29-11-7-6-10-28(29)31(36)32-21-20-24-8-4-3-5-9-24/h3-19H,20-22H2,1-2H3,(H,32,36)(H,33,35). The molecular formula is C31H31N3O5S. The Morgan fingerprint density at radius 1 is 0.825 bits per heavy atom. The quantitative estimate of drug-likeness (QED) is 0.275. The van der Waals surface area contributed by atoms with Crippen LogP contribution in [0.15, 0.2) is 108 Å². The van der Waals surface area contributed by atoms with Crippen LogP contribution in [0, 0.1) is 6.92 Å². The molecule has 0 aliphatic rings. The van der Waals surface area contributed by atoms with E-state index in [9.17, 15) is 18.0 Å². The number of carbonyl (C=O) groups is 2. The Bertz CT molecular complexity index is 1560. The van der Waals surface area contributed by atoms with Crippen LogP contribution in [0.2, 0.25) is 0 Å². The highest BCUT2D eigenvalue weighted by Gasteiger charge is 2.28. The van der Waals surface area contributed by atoms with Crippen molar-refractivity contribution in [1.82, 2.24) is 5.32 Å². The number of rotatable bonds is 11. The fourth-order valence-corrected chi connectivity index (χ4v) is 5.49. The molecule has 206 valence electrons. The van der Waals surface area contributed by atoms with Crippen LogP contribution < -0.4 is 19.7 Å². The van der Waals surface area contributed by atoms with Crippen LogP contribution in [0.5, 0.6) is 5.75 Å². The van der Waals surface area contributed by atoms with E-state index < -0.39 is 22.5 Å². The van der Waals surface area contributed by atoms with Crippen LogP contribution in [0.1, 0.15) is 21.5 Å². The smallest absolute Gasteiger partial charge is 0.264 e. The Kier molecular flexibility index (Phi) is 9.19. The first-order valence-corrected chi connectivity index (χ1v) is 14.2. The number of hydrogen-bond donors (Lipinski definition) is 2. The van der Waals surface area contributed by atoms with E-state index in [1.165, 1.54) is 19.2 Å². The third-order valence-electron chi connectivity index (χ3n) is 6.24. The van der Waals surface area contributed by atoms with Crippen molar-refractivity contribution in [2.45, 2.75) is 18.2 Å². The second-order valence-electron chi connectivity index (χ2n) is 9.11. The zero-order valence-corrected chi connectivity index (χ0v) is 23.1. The average Bonchev–Trinajstić information content (AvgIpc) is 2.97. The number of sulfonamides is 1. The fourth-order valence-electron chi connectivity index (χ4n) is 4.07. The summed E-state index contributed by atoms with van der Waals surface area (Å²) >= 11 is 0. The van der Waals surface area contributed by atoms with E-state index in [-0.39, 0.29) is 22.1 Å². The number of amides is 2. The van der Waals surface area contributed by atoms with Crippen molar-refractivity contribution in [1.29, 1.82) is 0 Å². The largest absolute Gasteiger partial charge is 0.497 e. The van der Waals surface area contributed by atoms with Crippen LogP contribution in [0.3, 0.4) is 0 Å². The molecule has 0 radical (unpaired) electrons. The van der Waals surface area contributed by atoms with E-state index >= 15 is 0 Å². The van der Waals surface area contributed by atoms with Gasteiger partial charge in [0.15, 0.2) is 0 Å². The average molecular weight is 558 g/mol. The lowest BCUT2D eigenvalue weighted by atomic mass is 10.1. The van der Waals surface area contributed by atoms with Gasteiger partial charge in [0.1, 0.15) is 12.3 Å². The molecule has 40 heavy (non-hydrogen) atoms. The van der Waals surface area contributed by atoms with E-state index in [0.29, 0.717) is 24.4 Å². The maximum atomic E-state index is 13.6. The van der Waals surface area contributed by atoms with Crippen LogP contribution >= 0.6 is 0 Å². The molecule has 0 aromatic heterocycles. The number of carbonyl (C=O) groups excluding carboxylic acids is 2. The number of benzene rings is 4. The van der Waals surface area contributed by atoms with Gasteiger partial charge in [0, 0.05) is 6.54 Å². The minimum Gasteiger partial charge on any atom is -0.497 e. The molecule has 2 amide bonds. The van der Waals surface area contributed by atoms with Crippen molar-refractivity contribution in [3.8, 4) is 5.75 Å². The molecule has 2 N–H and O–H groups in total. The monoisotopic (exact) mass is 557 g/mol. The second-order valence-corrected chi connectivity index (χ2v) is 11.0. The summed E-state index contributed by atoms with van der Waals surface area (Å²) in [6.07, 6.45) is 0.662. The maximum Gasteiger partial charge on any atom is 0.264 e. The molecule has 0 spiro atoms. The molecule has 0 aliphatic heterocycles. The third-order valence-corrected chi connectivity index (χ3v) is 8.03. The molecule has 8 nitrogen and oxygen atoms in total. The van der Waals surface area contributed by atoms with Gasteiger partial charge >= 0.3 is 0 Å². The molecule has 0 aliphatic carbocycles. The third kappa shape index (κ3) is 7.06. The summed E-state index contributed by atoms with van der Waals surface area (Å²) in [5.74, 6) is -0.393. The number of nitrogens with one attached hydrogen (secondary N) is 2. The van der Waals surface area contributed by atoms with Crippen molar-refractivity contribution in [2.24, 2.45) is 0 Å². The molecule has 0 fully saturated rings. The number of anilines is 2. The van der Waals surface area contributed by atoms with Gasteiger partial charge in [-0.25, -0.2) is 8.42 Å². The van der Waals surface area contributed by atoms with Gasteiger partial charge in [0.25, 0.3) is 15.9 Å². The van der Waals surface area contributed by atoms with Crippen molar-refractivity contribution >= 4 is 33.2 Å². The van der Waals surface area contributed by atoms with Crippen molar-refractivity contribution in [3.63, 3.8) is 0 Å². The van der Waals surface area contributed by atoms with E-state index in [2.05, 4.69) is 10.6 Å². The van der Waals surface area contributed by atoms with Gasteiger partial charge in [-0.3, -0.25) is 13.9 Å². The van der Waals surface area contributed by atoms with Gasteiger partial charge in [0.2, 0.25) is 5.91 Å². The lowest BCUT2D eigenvalue weighted by Crippen LogP contribution is -2.38. The fraction of sp³-hybridized carbons (Fsp3) is 0.161. The Balaban J connectivity index is 1.53. The molecule has 0 bridgehead atoms. The molecule has 4 aromatic carbocycles. The van der Waals surface area contributed by atoms with Gasteiger partial charge in [0.05, 0.1) is 28.9 Å². The molecule has 0 saturated carbocycles. The van der Waals surface area contributed by atoms with E-state index in [1.807, 2.05) is 37.3 Å². The van der Waals surface area contributed by atoms with Gasteiger partial charge in [-0.2, -0.15) is 0 Å². The summed E-state index contributed by atoms with van der Waals surface area (Å²) in [4.78, 5) is 26.2. The topological polar surface area (TPSA) is 105 Å². The van der Waals surface area contributed by atoms with Gasteiger partial charge in [-0.05, 0) is 67.4 Å². The molecule has 9 heteroatoms. The highest BCUT2D eigenvalue weighted by atomic mass is 32.2. The maximum absolute atomic E-state index is 13.6. The SMILES string of the molecule is COc1ccc(N(CC(=O)Nc2ccccc2C(=O)NCCc2ccccc2)S(=O)(=O)c2ccc(C)cc2)cc1. The lowest BCUT2D eigenvalue weighted by Gasteiger charge is -2.24. The van der Waals surface area contributed by atoms with E-state index in [0.717, 1.165) is 15.4 Å². The molecule has 4 rings (SSSR count). The number of ether oxygens (including phenoxy) is 1. The molecular weight excluding hydrogens is 526 g/mol. The Hall–Kier alpha value is -4.63. The first-order valence-electron chi connectivity index (χ1n) is 12.7. The predicted octanol–water partition coefficient (Wildman–Crippen LogP) is 4.81. The highest BCUT2D eigenvalue weighted by Crippen LogP contribution is 2.26. The number of methoxy groups -OCH3 is 1. The first kappa shape index (κ1) is 28.4. The molecule has 0 heterocycles. The Morgan fingerprint density at radius 2 is 1.48 bits per heavy atom. The molecule has 0 saturated heterocycles. The minimum absolute atomic E-state index is 0.0555. The van der Waals surface area contributed by atoms with Crippen molar-refractivity contribution in [2.75, 3.05) is 29.8 Å². The number of nitrogens with zero attached hydrogens (tertiary/aromatic N) is 1. The number of para-hydroxylation sites is 1. The number of aryl methyl sites for hydroxylation is 1. The summed E-state index contributed by atoms with van der Waals surface area (Å²) in [6, 6.07) is 29.2. The summed E-state index contributed by atoms with van der Waals surface area (Å²) in [7, 11) is -2.58. The van der Waals surface area contributed by atoms with Crippen molar-refractivity contribution < 1.29 is 22.7 Å². The lowest BCUT2D eigenvalue weighted by molar-refractivity contribution is -0.114. The number of hydrogen-bond acceptors (Lipinski definition) is 5. The Labute approximate surface area is 234 Å². The van der Waals surface area contributed by atoms with Crippen molar-refractivity contribution in [3.05, 3.63) is 120 Å². The minimum atomic E-state index is -4.09. The summed E-state index contributed by atoms with van der Waals surface area (Å²) in [5, 5.41) is 5.60. The predicted molar refractivity (Wildman–Crippen MR) is 156 cm³/mol. The summed E-state index contributed by atoms with van der Waals surface area (Å²) in [6.45, 7) is 1.78. The molecule has 4 aromatic rings. The Morgan fingerprint density at radius 3 is 2.15 bits per heavy atom. The van der Waals surface area contributed by atoms with E-state index in [1.54, 1.807) is 60.7 Å². The van der Waals surface area contributed by atoms with Gasteiger partial charge in [-0.1, -0.05) is 60.2 Å². The van der Waals surface area contributed by atoms with Gasteiger partial charge in [-0.15, -0.1) is 0 Å². The highest BCUT2D eigenvalue weighted by molar-refractivity contribution is 7.92. The molecule has 0 unspecified atom stereocenters. The zero-order valence-electron chi connectivity index (χ0n) is 22.3.